The molecule has 1 N–H and O–H groups in total. The summed E-state index contributed by atoms with van der Waals surface area (Å²) in [6.07, 6.45) is 0. The Kier molecular flexibility index (Phi) is 3.78. The highest BCUT2D eigenvalue weighted by atomic mass is 35.5. The van der Waals surface area contributed by atoms with Crippen molar-refractivity contribution in [3.05, 3.63) is 56.2 Å². The van der Waals surface area contributed by atoms with Crippen molar-refractivity contribution in [1.82, 2.24) is 10.2 Å². The number of hydrogen-bond acceptors (Lipinski definition) is 3. The number of benzene rings is 1. The number of carbonyl (C=O) groups is 1. The van der Waals surface area contributed by atoms with Gasteiger partial charge in [0.2, 0.25) is 0 Å². The highest BCUT2D eigenvalue weighted by Gasteiger charge is 2.16. The highest BCUT2D eigenvalue weighted by molar-refractivity contribution is 7.16. The molecule has 3 rings (SSSR count). The summed E-state index contributed by atoms with van der Waals surface area (Å²) in [6.45, 7) is 2.33. The van der Waals surface area contributed by atoms with Crippen LogP contribution < -0.4 is 5.32 Å². The summed E-state index contributed by atoms with van der Waals surface area (Å²) in [5, 5.41) is 3.29. The molecule has 0 bridgehead atoms. The fourth-order valence-corrected chi connectivity index (χ4v) is 3.53. The van der Waals surface area contributed by atoms with Gasteiger partial charge in [0.15, 0.2) is 0 Å². The van der Waals surface area contributed by atoms with Crippen molar-refractivity contribution in [2.24, 2.45) is 0 Å². The Balaban J connectivity index is 1.74. The third kappa shape index (κ3) is 2.73. The van der Waals surface area contributed by atoms with Gasteiger partial charge in [0.1, 0.15) is 0 Å². The van der Waals surface area contributed by atoms with E-state index in [0.717, 1.165) is 27.9 Å². The molecular weight excluding hydrogens is 292 g/mol. The van der Waals surface area contributed by atoms with Crippen LogP contribution in [0.5, 0.6) is 0 Å². The van der Waals surface area contributed by atoms with Gasteiger partial charge in [-0.15, -0.1) is 11.3 Å². The lowest BCUT2D eigenvalue weighted by Crippen LogP contribution is -2.25. The molecular formula is C15H15ClN2OS. The first-order valence-electron chi connectivity index (χ1n) is 6.45. The first kappa shape index (κ1) is 13.6. The van der Waals surface area contributed by atoms with E-state index in [0.29, 0.717) is 6.54 Å². The number of rotatable bonds is 3. The third-order valence-corrected chi connectivity index (χ3v) is 4.67. The minimum Gasteiger partial charge on any atom is -0.337 e. The van der Waals surface area contributed by atoms with E-state index in [2.05, 4.69) is 5.32 Å². The molecule has 2 aromatic rings. The number of fused-ring (bicyclic) bond motifs is 1. The maximum atomic E-state index is 12.4. The molecule has 1 aliphatic heterocycles. The number of carbonyl (C=O) groups excluding carboxylic acids is 1. The summed E-state index contributed by atoms with van der Waals surface area (Å²) in [5.41, 5.74) is 3.26. The van der Waals surface area contributed by atoms with Gasteiger partial charge in [-0.3, -0.25) is 4.79 Å². The van der Waals surface area contributed by atoms with Gasteiger partial charge in [-0.25, -0.2) is 0 Å². The van der Waals surface area contributed by atoms with Crippen LogP contribution in [-0.2, 0) is 19.6 Å². The van der Waals surface area contributed by atoms with Crippen LogP contribution in [0.25, 0.3) is 0 Å². The lowest BCUT2D eigenvalue weighted by atomic mass is 10.1. The van der Waals surface area contributed by atoms with Crippen LogP contribution in [0.4, 0.5) is 0 Å². The SMILES string of the molecule is CN(Cc1ccc(Cl)s1)C(=O)c1ccc2c(c1)CNC2. The molecule has 1 aromatic carbocycles. The molecule has 20 heavy (non-hydrogen) atoms. The van der Waals surface area contributed by atoms with E-state index in [1.807, 2.05) is 37.4 Å². The van der Waals surface area contributed by atoms with Gasteiger partial charge in [-0.2, -0.15) is 0 Å². The van der Waals surface area contributed by atoms with Gasteiger partial charge in [-0.1, -0.05) is 17.7 Å². The van der Waals surface area contributed by atoms with Crippen molar-refractivity contribution in [3.8, 4) is 0 Å². The predicted molar refractivity (Wildman–Crippen MR) is 82.1 cm³/mol. The van der Waals surface area contributed by atoms with E-state index in [1.54, 1.807) is 4.90 Å². The maximum absolute atomic E-state index is 12.4. The van der Waals surface area contributed by atoms with Crippen LogP contribution >= 0.6 is 22.9 Å². The van der Waals surface area contributed by atoms with E-state index in [-0.39, 0.29) is 5.91 Å². The van der Waals surface area contributed by atoms with Crippen LogP contribution in [0.2, 0.25) is 4.34 Å². The van der Waals surface area contributed by atoms with Crippen molar-refractivity contribution >= 4 is 28.8 Å². The fourth-order valence-electron chi connectivity index (χ4n) is 2.39. The zero-order chi connectivity index (χ0) is 14.1. The number of nitrogens with zero attached hydrogens (tertiary/aromatic N) is 1. The number of hydrogen-bond donors (Lipinski definition) is 1. The molecule has 5 heteroatoms. The monoisotopic (exact) mass is 306 g/mol. The molecule has 3 nitrogen and oxygen atoms in total. The van der Waals surface area contributed by atoms with E-state index < -0.39 is 0 Å². The second-order valence-electron chi connectivity index (χ2n) is 4.95. The molecule has 0 saturated carbocycles. The van der Waals surface area contributed by atoms with Crippen LogP contribution in [0.3, 0.4) is 0 Å². The molecule has 0 spiro atoms. The molecule has 1 amide bonds. The van der Waals surface area contributed by atoms with Gasteiger partial charge in [0.05, 0.1) is 10.9 Å². The molecule has 0 unspecified atom stereocenters. The average Bonchev–Trinajstić information content (AvgIpc) is 3.05. The van der Waals surface area contributed by atoms with E-state index in [9.17, 15) is 4.79 Å². The predicted octanol–water partition coefficient (Wildman–Crippen LogP) is 3.28. The summed E-state index contributed by atoms with van der Waals surface area (Å²) >= 11 is 7.42. The first-order chi connectivity index (χ1) is 9.63. The lowest BCUT2D eigenvalue weighted by molar-refractivity contribution is 0.0786. The number of nitrogens with one attached hydrogen (secondary N) is 1. The van der Waals surface area contributed by atoms with Crippen molar-refractivity contribution in [2.45, 2.75) is 19.6 Å². The van der Waals surface area contributed by atoms with Gasteiger partial charge >= 0.3 is 0 Å². The van der Waals surface area contributed by atoms with Gasteiger partial charge < -0.3 is 10.2 Å². The zero-order valence-corrected chi connectivity index (χ0v) is 12.7. The van der Waals surface area contributed by atoms with Gasteiger partial charge in [0, 0.05) is 30.6 Å². The second kappa shape index (κ2) is 5.56. The molecule has 2 heterocycles. The Morgan fingerprint density at radius 3 is 2.85 bits per heavy atom. The number of thiophene rings is 1. The number of halogens is 1. The lowest BCUT2D eigenvalue weighted by Gasteiger charge is -2.16. The molecule has 0 aliphatic carbocycles. The Labute approximate surface area is 127 Å². The summed E-state index contributed by atoms with van der Waals surface area (Å²) < 4.78 is 0.754. The normalized spacial score (nSPS) is 13.3. The smallest absolute Gasteiger partial charge is 0.253 e. The second-order valence-corrected chi connectivity index (χ2v) is 6.75. The molecule has 0 fully saturated rings. The first-order valence-corrected chi connectivity index (χ1v) is 7.65. The molecule has 0 radical (unpaired) electrons. The van der Waals surface area contributed by atoms with E-state index >= 15 is 0 Å². The van der Waals surface area contributed by atoms with Crippen molar-refractivity contribution in [2.75, 3.05) is 7.05 Å². The van der Waals surface area contributed by atoms with Crippen molar-refractivity contribution in [3.63, 3.8) is 0 Å². The Morgan fingerprint density at radius 2 is 2.10 bits per heavy atom. The molecule has 0 atom stereocenters. The van der Waals surface area contributed by atoms with Crippen LogP contribution in [0, 0.1) is 0 Å². The maximum Gasteiger partial charge on any atom is 0.253 e. The van der Waals surface area contributed by atoms with Crippen LogP contribution in [0.1, 0.15) is 26.4 Å². The summed E-state index contributed by atoms with van der Waals surface area (Å²) in [7, 11) is 1.82. The van der Waals surface area contributed by atoms with Gasteiger partial charge in [0.25, 0.3) is 5.91 Å². The Morgan fingerprint density at radius 1 is 1.30 bits per heavy atom. The molecule has 0 saturated heterocycles. The Hall–Kier alpha value is -1.36. The zero-order valence-electron chi connectivity index (χ0n) is 11.1. The standard InChI is InChI=1S/C15H15ClN2OS/c1-18(9-13-4-5-14(16)20-13)15(19)10-2-3-11-7-17-8-12(11)6-10/h2-6,17H,7-9H2,1H3. The Bertz CT molecular complexity index is 653. The summed E-state index contributed by atoms with van der Waals surface area (Å²) in [6, 6.07) is 9.77. The van der Waals surface area contributed by atoms with Crippen molar-refractivity contribution < 1.29 is 4.79 Å². The van der Waals surface area contributed by atoms with Crippen LogP contribution in [-0.4, -0.2) is 17.9 Å². The summed E-state index contributed by atoms with van der Waals surface area (Å²) in [5.74, 6) is 0.0456. The molecule has 1 aromatic heterocycles. The highest BCUT2D eigenvalue weighted by Crippen LogP contribution is 2.23. The third-order valence-electron chi connectivity index (χ3n) is 3.45. The van der Waals surface area contributed by atoms with Crippen molar-refractivity contribution in [1.29, 1.82) is 0 Å². The van der Waals surface area contributed by atoms with E-state index in [1.165, 1.54) is 22.5 Å². The minimum atomic E-state index is 0.0456. The number of amides is 1. The summed E-state index contributed by atoms with van der Waals surface area (Å²) in [4.78, 5) is 15.3. The fraction of sp³-hybridized carbons (Fsp3) is 0.267. The topological polar surface area (TPSA) is 32.3 Å². The van der Waals surface area contributed by atoms with E-state index in [4.69, 9.17) is 11.6 Å². The van der Waals surface area contributed by atoms with Gasteiger partial charge in [-0.05, 0) is 35.4 Å². The molecule has 104 valence electrons. The van der Waals surface area contributed by atoms with Crippen LogP contribution in [0.15, 0.2) is 30.3 Å². The largest absolute Gasteiger partial charge is 0.337 e. The minimum absolute atomic E-state index is 0.0456. The quantitative estimate of drug-likeness (QED) is 0.944. The molecule has 1 aliphatic rings. The average molecular weight is 307 g/mol.